The molecule has 2 rings (SSSR count). The maximum Gasteiger partial charge on any atom is 0.254 e. The van der Waals surface area contributed by atoms with Crippen LogP contribution in [0.15, 0.2) is 18.2 Å². The molecule has 0 aliphatic carbocycles. The molecule has 0 aromatic heterocycles. The third-order valence-corrected chi connectivity index (χ3v) is 3.22. The van der Waals surface area contributed by atoms with Crippen LogP contribution in [0.5, 0.6) is 0 Å². The molecule has 1 aromatic carbocycles. The van der Waals surface area contributed by atoms with E-state index in [9.17, 15) is 9.18 Å². The maximum absolute atomic E-state index is 13.8. The predicted octanol–water partition coefficient (Wildman–Crippen LogP) is 2.43. The Kier molecular flexibility index (Phi) is 4.31. The Hall–Kier alpha value is -1.42. The lowest BCUT2D eigenvalue weighted by atomic mass is 10.1. The van der Waals surface area contributed by atoms with Crippen molar-refractivity contribution in [2.75, 3.05) is 13.2 Å². The van der Waals surface area contributed by atoms with Crippen LogP contribution >= 0.6 is 0 Å². The van der Waals surface area contributed by atoms with E-state index in [1.54, 1.807) is 19.1 Å². The Balaban J connectivity index is 2.04. The molecular weight excluding hydrogens is 233 g/mol. The minimum absolute atomic E-state index is 0.0833. The average molecular weight is 251 g/mol. The van der Waals surface area contributed by atoms with Crippen LogP contribution in [0.25, 0.3) is 0 Å². The van der Waals surface area contributed by atoms with Crippen molar-refractivity contribution in [1.29, 1.82) is 0 Å². The van der Waals surface area contributed by atoms with Crippen molar-refractivity contribution in [3.05, 3.63) is 35.1 Å². The summed E-state index contributed by atoms with van der Waals surface area (Å²) in [7, 11) is 0. The molecule has 1 fully saturated rings. The SMILES string of the molecule is Cc1cccc(C(=O)NC2CCCOCC2)c1F. The molecule has 98 valence electrons. The standard InChI is InChI=1S/C14H18FNO2/c1-10-4-2-6-12(13(10)15)14(17)16-11-5-3-8-18-9-7-11/h2,4,6,11H,3,5,7-9H2,1H3,(H,16,17). The first-order valence-electron chi connectivity index (χ1n) is 6.32. The number of carbonyl (C=O) groups is 1. The van der Waals surface area contributed by atoms with Crippen molar-refractivity contribution in [2.24, 2.45) is 0 Å². The highest BCUT2D eigenvalue weighted by Gasteiger charge is 2.18. The highest BCUT2D eigenvalue weighted by Crippen LogP contribution is 2.14. The number of aryl methyl sites for hydroxylation is 1. The zero-order valence-corrected chi connectivity index (χ0v) is 10.5. The largest absolute Gasteiger partial charge is 0.381 e. The molecule has 1 aromatic rings. The topological polar surface area (TPSA) is 38.3 Å². The van der Waals surface area contributed by atoms with Gasteiger partial charge in [-0.15, -0.1) is 0 Å². The highest BCUT2D eigenvalue weighted by atomic mass is 19.1. The Bertz CT molecular complexity index is 426. The number of nitrogens with one attached hydrogen (secondary N) is 1. The lowest BCUT2D eigenvalue weighted by Crippen LogP contribution is -2.35. The van der Waals surface area contributed by atoms with Gasteiger partial charge in [-0.2, -0.15) is 0 Å². The number of hydrogen-bond acceptors (Lipinski definition) is 2. The van der Waals surface area contributed by atoms with E-state index < -0.39 is 5.82 Å². The van der Waals surface area contributed by atoms with Gasteiger partial charge >= 0.3 is 0 Å². The second-order valence-electron chi connectivity index (χ2n) is 4.65. The summed E-state index contributed by atoms with van der Waals surface area (Å²) >= 11 is 0. The third kappa shape index (κ3) is 3.07. The van der Waals surface area contributed by atoms with E-state index in [4.69, 9.17) is 4.74 Å². The minimum Gasteiger partial charge on any atom is -0.381 e. The Morgan fingerprint density at radius 3 is 3.06 bits per heavy atom. The van der Waals surface area contributed by atoms with Crippen LogP contribution < -0.4 is 5.32 Å². The third-order valence-electron chi connectivity index (χ3n) is 3.22. The average Bonchev–Trinajstić information content (AvgIpc) is 2.61. The first kappa shape index (κ1) is 13.0. The van der Waals surface area contributed by atoms with Crippen molar-refractivity contribution < 1.29 is 13.9 Å². The van der Waals surface area contributed by atoms with E-state index in [1.165, 1.54) is 6.07 Å². The van der Waals surface area contributed by atoms with Gasteiger partial charge in [-0.1, -0.05) is 12.1 Å². The zero-order chi connectivity index (χ0) is 13.0. The number of benzene rings is 1. The van der Waals surface area contributed by atoms with Gasteiger partial charge in [0.2, 0.25) is 0 Å². The molecule has 1 aliphatic rings. The first-order chi connectivity index (χ1) is 8.68. The molecule has 3 nitrogen and oxygen atoms in total. The molecule has 4 heteroatoms. The normalized spacial score (nSPS) is 20.2. The number of hydrogen-bond donors (Lipinski definition) is 1. The van der Waals surface area contributed by atoms with Crippen LogP contribution in [-0.2, 0) is 4.74 Å². The van der Waals surface area contributed by atoms with Crippen LogP contribution in [0.4, 0.5) is 4.39 Å². The molecule has 1 saturated heterocycles. The minimum atomic E-state index is -0.431. The van der Waals surface area contributed by atoms with Gasteiger partial charge in [-0.05, 0) is 37.8 Å². The Morgan fingerprint density at radius 1 is 1.39 bits per heavy atom. The molecule has 0 bridgehead atoms. The quantitative estimate of drug-likeness (QED) is 0.876. The zero-order valence-electron chi connectivity index (χ0n) is 10.5. The Morgan fingerprint density at radius 2 is 2.22 bits per heavy atom. The van der Waals surface area contributed by atoms with Crippen LogP contribution in [0.2, 0.25) is 0 Å². The second-order valence-corrected chi connectivity index (χ2v) is 4.65. The van der Waals surface area contributed by atoms with E-state index in [-0.39, 0.29) is 17.5 Å². The van der Waals surface area contributed by atoms with E-state index in [0.29, 0.717) is 12.2 Å². The van der Waals surface area contributed by atoms with Crippen molar-refractivity contribution in [3.8, 4) is 0 Å². The number of rotatable bonds is 2. The van der Waals surface area contributed by atoms with Gasteiger partial charge in [0.15, 0.2) is 0 Å². The van der Waals surface area contributed by atoms with Gasteiger partial charge in [-0.3, -0.25) is 4.79 Å². The van der Waals surface area contributed by atoms with E-state index in [2.05, 4.69) is 5.32 Å². The molecular formula is C14H18FNO2. The summed E-state index contributed by atoms with van der Waals surface area (Å²) in [5.74, 6) is -0.761. The summed E-state index contributed by atoms with van der Waals surface area (Å²) in [6, 6.07) is 4.96. The number of ether oxygens (including phenoxy) is 1. The molecule has 0 spiro atoms. The van der Waals surface area contributed by atoms with Gasteiger partial charge in [-0.25, -0.2) is 4.39 Å². The number of carbonyl (C=O) groups excluding carboxylic acids is 1. The summed E-state index contributed by atoms with van der Waals surface area (Å²) in [5, 5.41) is 2.88. The summed E-state index contributed by atoms with van der Waals surface area (Å²) in [5.41, 5.74) is 0.618. The van der Waals surface area contributed by atoms with E-state index >= 15 is 0 Å². The van der Waals surface area contributed by atoms with Crippen LogP contribution in [0.1, 0.15) is 35.2 Å². The van der Waals surface area contributed by atoms with Crippen molar-refractivity contribution in [2.45, 2.75) is 32.2 Å². The molecule has 1 atom stereocenters. The van der Waals surface area contributed by atoms with Gasteiger partial charge in [0.25, 0.3) is 5.91 Å². The fourth-order valence-electron chi connectivity index (χ4n) is 2.13. The molecule has 1 unspecified atom stereocenters. The van der Waals surface area contributed by atoms with Crippen molar-refractivity contribution in [3.63, 3.8) is 0 Å². The van der Waals surface area contributed by atoms with E-state index in [1.807, 2.05) is 0 Å². The maximum atomic E-state index is 13.8. The van der Waals surface area contributed by atoms with Crippen LogP contribution in [-0.4, -0.2) is 25.2 Å². The van der Waals surface area contributed by atoms with Crippen LogP contribution in [0, 0.1) is 12.7 Å². The molecule has 0 radical (unpaired) electrons. The van der Waals surface area contributed by atoms with E-state index in [0.717, 1.165) is 25.9 Å². The fourth-order valence-corrected chi connectivity index (χ4v) is 2.13. The van der Waals surface area contributed by atoms with Gasteiger partial charge in [0.1, 0.15) is 5.82 Å². The van der Waals surface area contributed by atoms with Gasteiger partial charge in [0.05, 0.1) is 5.56 Å². The Labute approximate surface area is 106 Å². The summed E-state index contributed by atoms with van der Waals surface area (Å²) in [4.78, 5) is 12.0. The highest BCUT2D eigenvalue weighted by molar-refractivity contribution is 5.94. The summed E-state index contributed by atoms with van der Waals surface area (Å²) < 4.78 is 19.1. The molecule has 1 N–H and O–H groups in total. The lowest BCUT2D eigenvalue weighted by molar-refractivity contribution is 0.0925. The van der Waals surface area contributed by atoms with Gasteiger partial charge in [0, 0.05) is 19.3 Å². The molecule has 1 aliphatic heterocycles. The fraction of sp³-hybridized carbons (Fsp3) is 0.500. The lowest BCUT2D eigenvalue weighted by Gasteiger charge is -2.16. The van der Waals surface area contributed by atoms with Crippen molar-refractivity contribution in [1.82, 2.24) is 5.32 Å². The number of amides is 1. The summed E-state index contributed by atoms with van der Waals surface area (Å²) in [6.07, 6.45) is 2.61. The molecule has 0 saturated carbocycles. The summed E-state index contributed by atoms with van der Waals surface area (Å²) in [6.45, 7) is 3.05. The predicted molar refractivity (Wildman–Crippen MR) is 67.1 cm³/mol. The monoisotopic (exact) mass is 251 g/mol. The smallest absolute Gasteiger partial charge is 0.254 e. The van der Waals surface area contributed by atoms with Crippen LogP contribution in [0.3, 0.4) is 0 Å². The number of halogens is 1. The second kappa shape index (κ2) is 5.96. The van der Waals surface area contributed by atoms with Crippen molar-refractivity contribution >= 4 is 5.91 Å². The van der Waals surface area contributed by atoms with Gasteiger partial charge < -0.3 is 10.1 Å². The molecule has 1 heterocycles. The molecule has 18 heavy (non-hydrogen) atoms. The molecule has 1 amide bonds. The first-order valence-corrected chi connectivity index (χ1v) is 6.32.